The van der Waals surface area contributed by atoms with Gasteiger partial charge >= 0.3 is 6.09 Å². The fourth-order valence-corrected chi connectivity index (χ4v) is 0.823. The number of amides is 1. The maximum absolute atomic E-state index is 10.9. The summed E-state index contributed by atoms with van der Waals surface area (Å²) in [7, 11) is 0. The molecule has 70 valence electrons. The molecular formula is C9H12N2O2. The SMILES string of the molecule is CCNC(=O)OCc1ccncc1. The van der Waals surface area contributed by atoms with E-state index in [1.807, 2.05) is 6.92 Å². The molecule has 13 heavy (non-hydrogen) atoms. The molecule has 0 saturated heterocycles. The van der Waals surface area contributed by atoms with Gasteiger partial charge in [0, 0.05) is 18.9 Å². The first-order valence-corrected chi connectivity index (χ1v) is 4.12. The third-order valence-electron chi connectivity index (χ3n) is 1.44. The molecule has 0 fully saturated rings. The highest BCUT2D eigenvalue weighted by atomic mass is 16.5. The highest BCUT2D eigenvalue weighted by molar-refractivity contribution is 5.66. The molecule has 0 unspecified atom stereocenters. The van der Waals surface area contributed by atoms with Crippen molar-refractivity contribution in [1.82, 2.24) is 10.3 Å². The normalized spacial score (nSPS) is 9.31. The van der Waals surface area contributed by atoms with E-state index < -0.39 is 0 Å². The van der Waals surface area contributed by atoms with Crippen molar-refractivity contribution in [2.45, 2.75) is 13.5 Å². The molecule has 1 aromatic heterocycles. The number of nitrogens with one attached hydrogen (secondary N) is 1. The van der Waals surface area contributed by atoms with Crippen LogP contribution in [0.2, 0.25) is 0 Å². The zero-order valence-electron chi connectivity index (χ0n) is 7.49. The van der Waals surface area contributed by atoms with Gasteiger partial charge in [0.15, 0.2) is 0 Å². The van der Waals surface area contributed by atoms with Crippen LogP contribution >= 0.6 is 0 Å². The summed E-state index contributed by atoms with van der Waals surface area (Å²) in [5.41, 5.74) is 0.932. The number of aromatic nitrogens is 1. The Bertz CT molecular complexity index is 262. The Morgan fingerprint density at radius 1 is 1.54 bits per heavy atom. The van der Waals surface area contributed by atoms with E-state index in [1.54, 1.807) is 24.5 Å². The maximum Gasteiger partial charge on any atom is 0.407 e. The summed E-state index contributed by atoms with van der Waals surface area (Å²) in [6.45, 7) is 2.71. The van der Waals surface area contributed by atoms with Crippen molar-refractivity contribution in [3.63, 3.8) is 0 Å². The molecule has 0 aliphatic rings. The molecule has 0 aromatic carbocycles. The second-order valence-corrected chi connectivity index (χ2v) is 2.46. The molecule has 1 heterocycles. The van der Waals surface area contributed by atoms with Crippen LogP contribution in [0.1, 0.15) is 12.5 Å². The van der Waals surface area contributed by atoms with E-state index in [0.717, 1.165) is 5.56 Å². The molecule has 0 saturated carbocycles. The summed E-state index contributed by atoms with van der Waals surface area (Å²) in [5.74, 6) is 0. The van der Waals surface area contributed by atoms with Crippen molar-refractivity contribution in [3.05, 3.63) is 30.1 Å². The standard InChI is InChI=1S/C9H12N2O2/c1-2-11-9(12)13-7-8-3-5-10-6-4-8/h3-6H,2,7H2,1H3,(H,11,12). The number of carbonyl (C=O) groups is 1. The van der Waals surface area contributed by atoms with Crippen LogP contribution in [0.4, 0.5) is 4.79 Å². The molecular weight excluding hydrogens is 168 g/mol. The molecule has 0 spiro atoms. The predicted molar refractivity (Wildman–Crippen MR) is 48.1 cm³/mol. The van der Waals surface area contributed by atoms with E-state index >= 15 is 0 Å². The van der Waals surface area contributed by atoms with Crippen LogP contribution in [-0.4, -0.2) is 17.6 Å². The van der Waals surface area contributed by atoms with Crippen LogP contribution in [0.3, 0.4) is 0 Å². The van der Waals surface area contributed by atoms with Crippen molar-refractivity contribution in [2.75, 3.05) is 6.54 Å². The van der Waals surface area contributed by atoms with Crippen LogP contribution in [0.5, 0.6) is 0 Å². The lowest BCUT2D eigenvalue weighted by Crippen LogP contribution is -2.23. The van der Waals surface area contributed by atoms with Crippen molar-refractivity contribution in [3.8, 4) is 0 Å². The second kappa shape index (κ2) is 5.13. The van der Waals surface area contributed by atoms with E-state index in [-0.39, 0.29) is 12.7 Å². The third-order valence-corrected chi connectivity index (χ3v) is 1.44. The lowest BCUT2D eigenvalue weighted by molar-refractivity contribution is 0.140. The number of pyridine rings is 1. The van der Waals surface area contributed by atoms with Crippen LogP contribution in [0, 0.1) is 0 Å². The molecule has 4 nitrogen and oxygen atoms in total. The summed E-state index contributed by atoms with van der Waals surface area (Å²) in [6, 6.07) is 3.61. The van der Waals surface area contributed by atoms with Gasteiger partial charge in [-0.05, 0) is 24.6 Å². The van der Waals surface area contributed by atoms with E-state index in [0.29, 0.717) is 6.54 Å². The van der Waals surface area contributed by atoms with Gasteiger partial charge in [0.2, 0.25) is 0 Å². The first-order valence-electron chi connectivity index (χ1n) is 4.12. The number of hydrogen-bond acceptors (Lipinski definition) is 3. The average molecular weight is 180 g/mol. The van der Waals surface area contributed by atoms with E-state index in [1.165, 1.54) is 0 Å². The van der Waals surface area contributed by atoms with Gasteiger partial charge in [-0.1, -0.05) is 0 Å². The van der Waals surface area contributed by atoms with Gasteiger partial charge in [0.1, 0.15) is 6.61 Å². The van der Waals surface area contributed by atoms with E-state index in [2.05, 4.69) is 10.3 Å². The highest BCUT2D eigenvalue weighted by Crippen LogP contribution is 1.98. The number of carbonyl (C=O) groups excluding carboxylic acids is 1. The first-order chi connectivity index (χ1) is 6.33. The van der Waals surface area contributed by atoms with Gasteiger partial charge in [0.05, 0.1) is 0 Å². The molecule has 1 aromatic rings. The Morgan fingerprint density at radius 2 is 2.23 bits per heavy atom. The van der Waals surface area contributed by atoms with Crippen LogP contribution in [0.15, 0.2) is 24.5 Å². The van der Waals surface area contributed by atoms with E-state index in [4.69, 9.17) is 4.74 Å². The molecule has 0 aliphatic heterocycles. The fraction of sp³-hybridized carbons (Fsp3) is 0.333. The van der Waals surface area contributed by atoms with Gasteiger partial charge in [-0.15, -0.1) is 0 Å². The zero-order valence-corrected chi connectivity index (χ0v) is 7.49. The van der Waals surface area contributed by atoms with E-state index in [9.17, 15) is 4.79 Å². The third kappa shape index (κ3) is 3.55. The summed E-state index contributed by atoms with van der Waals surface area (Å²) < 4.78 is 4.89. The minimum atomic E-state index is -0.390. The fourth-order valence-electron chi connectivity index (χ4n) is 0.823. The Morgan fingerprint density at radius 3 is 2.85 bits per heavy atom. The lowest BCUT2D eigenvalue weighted by Gasteiger charge is -2.04. The lowest BCUT2D eigenvalue weighted by atomic mass is 10.3. The minimum Gasteiger partial charge on any atom is -0.445 e. The molecule has 0 radical (unpaired) electrons. The predicted octanol–water partition coefficient (Wildman–Crippen LogP) is 1.33. The summed E-state index contributed by atoms with van der Waals surface area (Å²) in [5, 5.41) is 2.54. The monoisotopic (exact) mass is 180 g/mol. The number of nitrogens with zero attached hydrogens (tertiary/aromatic N) is 1. The van der Waals surface area contributed by atoms with Gasteiger partial charge < -0.3 is 10.1 Å². The molecule has 0 atom stereocenters. The van der Waals surface area contributed by atoms with Gasteiger partial charge in [-0.25, -0.2) is 4.79 Å². The number of rotatable bonds is 3. The minimum absolute atomic E-state index is 0.286. The van der Waals surface area contributed by atoms with Crippen LogP contribution in [0.25, 0.3) is 0 Å². The zero-order chi connectivity index (χ0) is 9.52. The quantitative estimate of drug-likeness (QED) is 0.763. The highest BCUT2D eigenvalue weighted by Gasteiger charge is 1.98. The Hall–Kier alpha value is -1.58. The first kappa shape index (κ1) is 9.51. The molecule has 1 N–H and O–H groups in total. The van der Waals surface area contributed by atoms with Crippen molar-refractivity contribution < 1.29 is 9.53 Å². The largest absolute Gasteiger partial charge is 0.445 e. The van der Waals surface area contributed by atoms with Gasteiger partial charge in [-0.3, -0.25) is 4.98 Å². The van der Waals surface area contributed by atoms with Crippen molar-refractivity contribution in [2.24, 2.45) is 0 Å². The number of ether oxygens (including phenoxy) is 1. The number of hydrogen-bond donors (Lipinski definition) is 1. The van der Waals surface area contributed by atoms with Crippen LogP contribution in [-0.2, 0) is 11.3 Å². The topological polar surface area (TPSA) is 51.2 Å². The van der Waals surface area contributed by atoms with Gasteiger partial charge in [-0.2, -0.15) is 0 Å². The second-order valence-electron chi connectivity index (χ2n) is 2.46. The van der Waals surface area contributed by atoms with Crippen molar-refractivity contribution in [1.29, 1.82) is 0 Å². The summed E-state index contributed by atoms with van der Waals surface area (Å²) >= 11 is 0. The maximum atomic E-state index is 10.9. The average Bonchev–Trinajstić information content (AvgIpc) is 2.17. The van der Waals surface area contributed by atoms with Gasteiger partial charge in [0.25, 0.3) is 0 Å². The molecule has 0 bridgehead atoms. The summed E-state index contributed by atoms with van der Waals surface area (Å²) in [6.07, 6.45) is 2.94. The molecule has 1 amide bonds. The Kier molecular flexibility index (Phi) is 3.75. The van der Waals surface area contributed by atoms with Crippen molar-refractivity contribution >= 4 is 6.09 Å². The summed E-state index contributed by atoms with van der Waals surface area (Å²) in [4.78, 5) is 14.7. The van der Waals surface area contributed by atoms with Crippen LogP contribution < -0.4 is 5.32 Å². The Labute approximate surface area is 76.9 Å². The Balaban J connectivity index is 2.31. The molecule has 0 aliphatic carbocycles. The molecule has 4 heteroatoms. The molecule has 1 rings (SSSR count). The smallest absolute Gasteiger partial charge is 0.407 e. The number of alkyl carbamates (subject to hydrolysis) is 1.